The van der Waals surface area contributed by atoms with Crippen molar-refractivity contribution in [3.8, 4) is 11.5 Å². The Morgan fingerprint density at radius 1 is 1.11 bits per heavy atom. The Labute approximate surface area is 118 Å². The van der Waals surface area contributed by atoms with Crippen LogP contribution in [0.5, 0.6) is 0 Å². The maximum atomic E-state index is 5.68. The molecule has 1 unspecified atom stereocenters. The lowest BCUT2D eigenvalue weighted by molar-refractivity contribution is 0.464. The minimum absolute atomic E-state index is 0.497. The summed E-state index contributed by atoms with van der Waals surface area (Å²) in [6, 6.07) is 8.32. The van der Waals surface area contributed by atoms with Crippen molar-refractivity contribution >= 4 is 11.8 Å². The van der Waals surface area contributed by atoms with Crippen molar-refractivity contribution in [1.82, 2.24) is 10.2 Å². The van der Waals surface area contributed by atoms with Crippen LogP contribution in [0.15, 0.2) is 33.9 Å². The molecule has 0 spiro atoms. The average molecular weight is 276 g/mol. The van der Waals surface area contributed by atoms with Crippen LogP contribution in [-0.4, -0.2) is 15.4 Å². The molecule has 1 atom stereocenters. The number of rotatable bonds is 5. The summed E-state index contributed by atoms with van der Waals surface area (Å²) in [4.78, 5) is 0. The van der Waals surface area contributed by atoms with Crippen LogP contribution in [0.1, 0.15) is 45.6 Å². The molecule has 0 aliphatic heterocycles. The van der Waals surface area contributed by atoms with Gasteiger partial charge in [-0.15, -0.1) is 10.2 Å². The number of aromatic nitrogens is 2. The Kier molecular flexibility index (Phi) is 4.64. The van der Waals surface area contributed by atoms with E-state index in [-0.39, 0.29) is 0 Å². The summed E-state index contributed by atoms with van der Waals surface area (Å²) in [7, 11) is 0. The van der Waals surface area contributed by atoms with Gasteiger partial charge in [-0.3, -0.25) is 0 Å². The van der Waals surface area contributed by atoms with E-state index in [4.69, 9.17) is 4.42 Å². The molecule has 0 amide bonds. The fourth-order valence-electron chi connectivity index (χ4n) is 1.64. The zero-order valence-electron chi connectivity index (χ0n) is 11.9. The summed E-state index contributed by atoms with van der Waals surface area (Å²) in [6.07, 6.45) is 1.09. The molecule has 0 aliphatic rings. The molecule has 1 aromatic heterocycles. The van der Waals surface area contributed by atoms with E-state index >= 15 is 0 Å². The van der Waals surface area contributed by atoms with Gasteiger partial charge in [-0.25, -0.2) is 0 Å². The van der Waals surface area contributed by atoms with E-state index < -0.39 is 0 Å². The highest BCUT2D eigenvalue weighted by atomic mass is 32.2. The van der Waals surface area contributed by atoms with Gasteiger partial charge in [0.1, 0.15) is 0 Å². The summed E-state index contributed by atoms with van der Waals surface area (Å²) < 4.78 is 5.68. The van der Waals surface area contributed by atoms with Crippen LogP contribution < -0.4 is 0 Å². The number of benzene rings is 1. The van der Waals surface area contributed by atoms with Crippen LogP contribution >= 0.6 is 11.8 Å². The normalized spacial score (nSPS) is 12.9. The van der Waals surface area contributed by atoms with Crippen LogP contribution in [0.25, 0.3) is 11.5 Å². The Bertz CT molecular complexity index is 519. The van der Waals surface area contributed by atoms with E-state index in [2.05, 4.69) is 50.0 Å². The van der Waals surface area contributed by atoms with Gasteiger partial charge in [0.2, 0.25) is 5.89 Å². The topological polar surface area (TPSA) is 38.9 Å². The van der Waals surface area contributed by atoms with Crippen molar-refractivity contribution in [3.05, 3.63) is 29.8 Å². The van der Waals surface area contributed by atoms with E-state index in [0.717, 1.165) is 12.0 Å². The second kappa shape index (κ2) is 6.24. The quantitative estimate of drug-likeness (QED) is 0.739. The van der Waals surface area contributed by atoms with Crippen molar-refractivity contribution in [2.24, 2.45) is 0 Å². The molecular weight excluding hydrogens is 256 g/mol. The number of thioether (sulfide) groups is 1. The van der Waals surface area contributed by atoms with Gasteiger partial charge in [-0.2, -0.15) is 0 Å². The van der Waals surface area contributed by atoms with Gasteiger partial charge >= 0.3 is 0 Å². The molecule has 0 bridgehead atoms. The van der Waals surface area contributed by atoms with Gasteiger partial charge in [-0.1, -0.05) is 51.6 Å². The minimum atomic E-state index is 0.497. The van der Waals surface area contributed by atoms with Crippen molar-refractivity contribution in [2.75, 3.05) is 0 Å². The third-order valence-corrected chi connectivity index (χ3v) is 4.21. The van der Waals surface area contributed by atoms with E-state index in [1.54, 1.807) is 11.8 Å². The first kappa shape index (κ1) is 14.1. The van der Waals surface area contributed by atoms with Crippen molar-refractivity contribution < 1.29 is 4.42 Å². The highest BCUT2D eigenvalue weighted by Crippen LogP contribution is 2.27. The molecule has 0 fully saturated rings. The molecule has 0 aliphatic carbocycles. The highest BCUT2D eigenvalue weighted by molar-refractivity contribution is 7.99. The summed E-state index contributed by atoms with van der Waals surface area (Å²) in [5.41, 5.74) is 2.30. The molecule has 0 radical (unpaired) electrons. The minimum Gasteiger partial charge on any atom is -0.411 e. The molecular formula is C15H20N2OS. The smallest absolute Gasteiger partial charge is 0.277 e. The van der Waals surface area contributed by atoms with E-state index in [1.807, 2.05) is 12.1 Å². The second-order valence-electron chi connectivity index (χ2n) is 4.99. The number of nitrogens with zero attached hydrogens (tertiary/aromatic N) is 2. The molecule has 102 valence electrons. The molecule has 2 rings (SSSR count). The van der Waals surface area contributed by atoms with Gasteiger partial charge < -0.3 is 4.42 Å². The standard InChI is InChI=1S/C15H20N2OS/c1-5-11(4)19-15-17-16-14(18-15)13-8-6-12(7-9-13)10(2)3/h6-11H,5H2,1-4H3. The van der Waals surface area contributed by atoms with E-state index in [9.17, 15) is 0 Å². The van der Waals surface area contributed by atoms with Crippen LogP contribution in [-0.2, 0) is 0 Å². The van der Waals surface area contributed by atoms with Gasteiger partial charge in [0.05, 0.1) is 0 Å². The van der Waals surface area contributed by atoms with E-state index in [1.165, 1.54) is 5.56 Å². The Balaban J connectivity index is 2.13. The molecule has 2 aromatic rings. The van der Waals surface area contributed by atoms with E-state index in [0.29, 0.717) is 22.3 Å². The molecule has 1 heterocycles. The first-order valence-electron chi connectivity index (χ1n) is 6.70. The molecule has 4 heteroatoms. The lowest BCUT2D eigenvalue weighted by atomic mass is 10.0. The van der Waals surface area contributed by atoms with Crippen molar-refractivity contribution in [3.63, 3.8) is 0 Å². The van der Waals surface area contributed by atoms with Crippen LogP contribution in [0.3, 0.4) is 0 Å². The molecule has 0 saturated heterocycles. The van der Waals surface area contributed by atoms with Crippen LogP contribution in [0.4, 0.5) is 0 Å². The monoisotopic (exact) mass is 276 g/mol. The summed E-state index contributed by atoms with van der Waals surface area (Å²) >= 11 is 1.63. The Hall–Kier alpha value is -1.29. The maximum absolute atomic E-state index is 5.68. The predicted molar refractivity (Wildman–Crippen MR) is 79.4 cm³/mol. The average Bonchev–Trinajstić information content (AvgIpc) is 2.87. The van der Waals surface area contributed by atoms with Gasteiger partial charge in [0.25, 0.3) is 5.22 Å². The SMILES string of the molecule is CCC(C)Sc1nnc(-c2ccc(C(C)C)cc2)o1. The van der Waals surface area contributed by atoms with Crippen molar-refractivity contribution in [1.29, 1.82) is 0 Å². The third-order valence-electron chi connectivity index (χ3n) is 3.11. The second-order valence-corrected chi connectivity index (χ2v) is 6.38. The molecule has 19 heavy (non-hydrogen) atoms. The van der Waals surface area contributed by atoms with Gasteiger partial charge in [0, 0.05) is 10.8 Å². The summed E-state index contributed by atoms with van der Waals surface area (Å²) in [5, 5.41) is 9.34. The largest absolute Gasteiger partial charge is 0.411 e. The van der Waals surface area contributed by atoms with Crippen LogP contribution in [0, 0.1) is 0 Å². The first-order chi connectivity index (χ1) is 9.10. The Morgan fingerprint density at radius 3 is 2.37 bits per heavy atom. The van der Waals surface area contributed by atoms with Crippen molar-refractivity contribution in [2.45, 2.75) is 50.5 Å². The highest BCUT2D eigenvalue weighted by Gasteiger charge is 2.11. The fraction of sp³-hybridized carbons (Fsp3) is 0.467. The van der Waals surface area contributed by atoms with Gasteiger partial charge in [-0.05, 0) is 30.0 Å². The van der Waals surface area contributed by atoms with Gasteiger partial charge in [0.15, 0.2) is 0 Å². The third kappa shape index (κ3) is 3.60. The molecule has 0 N–H and O–H groups in total. The zero-order valence-corrected chi connectivity index (χ0v) is 12.7. The lowest BCUT2D eigenvalue weighted by Crippen LogP contribution is -1.91. The summed E-state index contributed by atoms with van der Waals surface area (Å²) in [5.74, 6) is 1.13. The molecule has 0 saturated carbocycles. The number of hydrogen-bond acceptors (Lipinski definition) is 4. The van der Waals surface area contributed by atoms with Crippen LogP contribution in [0.2, 0.25) is 0 Å². The lowest BCUT2D eigenvalue weighted by Gasteiger charge is -2.04. The summed E-state index contributed by atoms with van der Waals surface area (Å²) in [6.45, 7) is 8.68. The molecule has 1 aromatic carbocycles. The Morgan fingerprint density at radius 2 is 1.79 bits per heavy atom. The predicted octanol–water partition coefficient (Wildman–Crippen LogP) is 4.75. The fourth-order valence-corrected chi connectivity index (χ4v) is 2.37. The first-order valence-corrected chi connectivity index (χ1v) is 7.58. The zero-order chi connectivity index (χ0) is 13.8. The maximum Gasteiger partial charge on any atom is 0.277 e. The molecule has 3 nitrogen and oxygen atoms in total. The number of hydrogen-bond donors (Lipinski definition) is 0.